The van der Waals surface area contributed by atoms with Crippen LogP contribution in [0.2, 0.25) is 0 Å². The molecule has 3 atom stereocenters. The molecule has 1 fully saturated rings. The number of anilines is 2. The molecule has 0 unspecified atom stereocenters. The Hall–Kier alpha value is -3.91. The van der Waals surface area contributed by atoms with Crippen molar-refractivity contribution >= 4 is 45.4 Å². The molecule has 1 aromatic carbocycles. The number of ether oxygens (including phenoxy) is 1. The van der Waals surface area contributed by atoms with Crippen LogP contribution in [0, 0.1) is 24.1 Å². The zero-order valence-electron chi connectivity index (χ0n) is 21.3. The van der Waals surface area contributed by atoms with E-state index in [1.807, 2.05) is 20.8 Å². The van der Waals surface area contributed by atoms with E-state index in [-0.39, 0.29) is 29.6 Å². The van der Waals surface area contributed by atoms with Gasteiger partial charge in [0.2, 0.25) is 5.91 Å². The Bertz CT molecular complexity index is 1490. The Morgan fingerprint density at radius 1 is 1.29 bits per heavy atom. The molecule has 1 saturated carbocycles. The van der Waals surface area contributed by atoms with Crippen molar-refractivity contribution in [2.75, 3.05) is 11.9 Å². The van der Waals surface area contributed by atoms with Gasteiger partial charge in [0.25, 0.3) is 0 Å². The third kappa shape index (κ3) is 4.72. The van der Waals surface area contributed by atoms with E-state index >= 15 is 4.39 Å². The molecular formula is C27H28FN7O2S. The second-order valence-electron chi connectivity index (χ2n) is 9.85. The van der Waals surface area contributed by atoms with Gasteiger partial charge in [-0.3, -0.25) is 9.79 Å². The van der Waals surface area contributed by atoms with Gasteiger partial charge >= 0.3 is 0 Å². The molecule has 9 nitrogen and oxygen atoms in total. The molecule has 2 aliphatic rings. The highest BCUT2D eigenvalue weighted by Crippen LogP contribution is 2.51. The summed E-state index contributed by atoms with van der Waals surface area (Å²) in [5.41, 5.74) is 7.09. The van der Waals surface area contributed by atoms with E-state index in [1.54, 1.807) is 18.2 Å². The fourth-order valence-electron chi connectivity index (χ4n) is 4.63. The second-order valence-corrected chi connectivity index (χ2v) is 11.3. The number of aromatic nitrogens is 3. The number of amides is 1. The first-order valence-electron chi connectivity index (χ1n) is 12.2. The molecule has 3 heterocycles. The van der Waals surface area contributed by atoms with Crippen LogP contribution in [0.25, 0.3) is 11.0 Å². The minimum Gasteiger partial charge on any atom is -0.479 e. The number of carbonyl (C=O) groups excluding carboxylic acids is 1. The molecule has 11 heteroatoms. The number of benzene rings is 1. The van der Waals surface area contributed by atoms with Crippen molar-refractivity contribution in [2.45, 2.75) is 49.9 Å². The summed E-state index contributed by atoms with van der Waals surface area (Å²) in [6, 6.07) is 6.56. The Kier molecular flexibility index (Phi) is 6.61. The number of amidine groups is 1. The van der Waals surface area contributed by atoms with E-state index in [2.05, 4.69) is 36.5 Å². The summed E-state index contributed by atoms with van der Waals surface area (Å²) in [7, 11) is 0. The number of aliphatic imine (C=N–C) groups is 1. The van der Waals surface area contributed by atoms with Crippen LogP contribution in [0.5, 0.6) is 5.75 Å². The fourth-order valence-corrected chi connectivity index (χ4v) is 5.86. The lowest BCUT2D eigenvalue weighted by Gasteiger charge is -2.46. The lowest BCUT2D eigenvalue weighted by molar-refractivity contribution is -0.125. The van der Waals surface area contributed by atoms with Crippen molar-refractivity contribution in [3.05, 3.63) is 48.2 Å². The normalized spacial score (nSPS) is 24.8. The molecule has 1 amide bonds. The van der Waals surface area contributed by atoms with Gasteiger partial charge in [0.15, 0.2) is 11.0 Å². The van der Waals surface area contributed by atoms with Gasteiger partial charge in [-0.2, -0.15) is 0 Å². The van der Waals surface area contributed by atoms with Gasteiger partial charge in [0.05, 0.1) is 17.3 Å². The van der Waals surface area contributed by atoms with E-state index in [0.717, 1.165) is 12.8 Å². The first-order valence-corrected chi connectivity index (χ1v) is 13.0. The van der Waals surface area contributed by atoms with Crippen molar-refractivity contribution in [3.63, 3.8) is 0 Å². The molecule has 1 aliphatic heterocycles. The number of thioether (sulfide) groups is 1. The van der Waals surface area contributed by atoms with Crippen molar-refractivity contribution < 1.29 is 13.9 Å². The van der Waals surface area contributed by atoms with Crippen LogP contribution in [-0.4, -0.2) is 43.4 Å². The van der Waals surface area contributed by atoms with E-state index in [1.165, 1.54) is 30.4 Å². The molecule has 3 aromatic rings. The molecule has 38 heavy (non-hydrogen) atoms. The molecule has 196 valence electrons. The Labute approximate surface area is 224 Å². The molecule has 0 bridgehead atoms. The first-order chi connectivity index (χ1) is 18.1. The molecule has 5 rings (SSSR count). The highest BCUT2D eigenvalue weighted by atomic mass is 32.2. The van der Waals surface area contributed by atoms with Gasteiger partial charge in [-0.15, -0.1) is 6.42 Å². The maximum atomic E-state index is 15.4. The number of carbonyl (C=O) groups is 1. The lowest BCUT2D eigenvalue weighted by Crippen LogP contribution is -2.56. The average molecular weight is 534 g/mol. The lowest BCUT2D eigenvalue weighted by atomic mass is 9.73. The number of rotatable bonds is 7. The van der Waals surface area contributed by atoms with E-state index in [0.29, 0.717) is 33.9 Å². The van der Waals surface area contributed by atoms with Crippen molar-refractivity contribution in [2.24, 2.45) is 16.6 Å². The number of nitrogens with one attached hydrogen (secondary N) is 2. The fraction of sp³-hybridized carbons (Fsp3) is 0.370. The number of nitrogens with two attached hydrogens (primary N) is 1. The number of terminal acetylenes is 1. The third-order valence-electron chi connectivity index (χ3n) is 7.24. The first kappa shape index (κ1) is 25.7. The molecule has 4 N–H and O–H groups in total. The van der Waals surface area contributed by atoms with Crippen LogP contribution in [0.4, 0.5) is 15.9 Å². The van der Waals surface area contributed by atoms with Crippen LogP contribution in [0.1, 0.15) is 39.2 Å². The van der Waals surface area contributed by atoms with E-state index in [9.17, 15) is 4.79 Å². The van der Waals surface area contributed by atoms with Crippen LogP contribution in [0.15, 0.2) is 41.8 Å². The Balaban J connectivity index is 1.48. The van der Waals surface area contributed by atoms with Crippen molar-refractivity contribution in [1.29, 1.82) is 0 Å². The number of halogens is 1. The summed E-state index contributed by atoms with van der Waals surface area (Å²) in [5.74, 6) is 2.40. The van der Waals surface area contributed by atoms with E-state index < -0.39 is 16.1 Å². The number of hydrogen-bond donors (Lipinski definition) is 3. The summed E-state index contributed by atoms with van der Waals surface area (Å²) >= 11 is 1.22. The number of fused-ring (bicyclic) bond motifs is 1. The summed E-state index contributed by atoms with van der Waals surface area (Å²) in [4.78, 5) is 30.9. The van der Waals surface area contributed by atoms with Crippen LogP contribution in [-0.2, 0) is 10.3 Å². The highest BCUT2D eigenvalue weighted by Gasteiger charge is 2.54. The zero-order chi connectivity index (χ0) is 27.1. The molecule has 0 saturated heterocycles. The minimum absolute atomic E-state index is 0.111. The predicted octanol–water partition coefficient (Wildman–Crippen LogP) is 3.87. The van der Waals surface area contributed by atoms with Crippen LogP contribution >= 0.6 is 11.8 Å². The molecule has 2 aromatic heterocycles. The van der Waals surface area contributed by atoms with Crippen molar-refractivity contribution in [3.8, 4) is 18.1 Å². The SMILES string of the molecule is C#CCOc1cnc2c(Nc3ccc(F)c([C@@]4(C)N=C(N)S[C@](C)(C(=O)NC5CC5)[C@H]4C)c3)ncnc2c1. The smallest absolute Gasteiger partial charge is 0.237 e. The topological polar surface area (TPSA) is 127 Å². The summed E-state index contributed by atoms with van der Waals surface area (Å²) < 4.78 is 19.9. The minimum atomic E-state index is -1.10. The molecule has 1 aliphatic carbocycles. The zero-order valence-corrected chi connectivity index (χ0v) is 22.1. The van der Waals surface area contributed by atoms with Gasteiger partial charge in [-0.25, -0.2) is 19.3 Å². The molecule has 0 radical (unpaired) electrons. The van der Waals surface area contributed by atoms with Gasteiger partial charge in [-0.05, 0) is 44.9 Å². The van der Waals surface area contributed by atoms with Gasteiger partial charge in [0.1, 0.15) is 34.8 Å². The maximum absolute atomic E-state index is 15.4. The number of hydrogen-bond acceptors (Lipinski definition) is 9. The van der Waals surface area contributed by atoms with Crippen LogP contribution in [0.3, 0.4) is 0 Å². The second kappa shape index (κ2) is 9.76. The van der Waals surface area contributed by atoms with Gasteiger partial charge in [-0.1, -0.05) is 24.6 Å². The Morgan fingerprint density at radius 3 is 2.82 bits per heavy atom. The van der Waals surface area contributed by atoms with Crippen LogP contribution < -0.4 is 21.1 Å². The standard InChI is InChI=1S/C27H28FN7O2S/c1-5-10-37-18-12-21-22(30-13-18)23(32-14-31-21)33-17-8-9-20(28)19(11-17)26(3)15(2)27(4,38-25(29)35-26)24(36)34-16-6-7-16/h1,8-9,11-16H,6-7,10H2,2-4H3,(H2,29,35)(H,34,36)(H,31,32,33)/t15-,26-,27-/m0/s1. The summed E-state index contributed by atoms with van der Waals surface area (Å²) in [6.07, 6.45) is 10.1. The summed E-state index contributed by atoms with van der Waals surface area (Å²) in [6.45, 7) is 5.69. The largest absolute Gasteiger partial charge is 0.479 e. The van der Waals surface area contributed by atoms with Crippen molar-refractivity contribution in [1.82, 2.24) is 20.3 Å². The number of pyridine rings is 1. The third-order valence-corrected chi connectivity index (χ3v) is 8.50. The predicted molar refractivity (Wildman–Crippen MR) is 147 cm³/mol. The maximum Gasteiger partial charge on any atom is 0.237 e. The highest BCUT2D eigenvalue weighted by molar-refractivity contribution is 8.15. The van der Waals surface area contributed by atoms with E-state index in [4.69, 9.17) is 16.9 Å². The van der Waals surface area contributed by atoms with Gasteiger partial charge in [0, 0.05) is 29.3 Å². The average Bonchev–Trinajstić information content (AvgIpc) is 3.71. The molecule has 0 spiro atoms. The van der Waals surface area contributed by atoms with Gasteiger partial charge < -0.3 is 21.1 Å². The molecular weight excluding hydrogens is 505 g/mol. The monoisotopic (exact) mass is 533 g/mol. The Morgan fingerprint density at radius 2 is 2.08 bits per heavy atom. The summed E-state index contributed by atoms with van der Waals surface area (Å²) in [5, 5.41) is 6.54. The number of nitrogens with zero attached hydrogens (tertiary/aromatic N) is 4. The quantitative estimate of drug-likeness (QED) is 0.391.